The molecule has 1 aliphatic heterocycles. The molecule has 0 bridgehead atoms. The zero-order valence-corrected chi connectivity index (χ0v) is 22.4. The summed E-state index contributed by atoms with van der Waals surface area (Å²) in [5.41, 5.74) is 1.62. The number of aromatic nitrogens is 1. The van der Waals surface area contributed by atoms with E-state index in [0.29, 0.717) is 0 Å². The molecular formula is C23H27ClFN5O4S2. The fourth-order valence-electron chi connectivity index (χ4n) is 4.14. The molecule has 0 radical (unpaired) electrons. The van der Waals surface area contributed by atoms with E-state index in [4.69, 9.17) is 11.6 Å². The van der Waals surface area contributed by atoms with Gasteiger partial charge in [-0.15, -0.1) is 11.3 Å². The Hall–Kier alpha value is -2.38. The SMILES string of the molecule is CN1C(C(=O)Nc2ccc(F)c(Cl)c2)CC(C(=O)NCc2cnc(C3=CCC(C)(C)C3)s2)NS1(=O)=O. The number of carbonyl (C=O) groups is 2. The second-order valence-electron chi connectivity index (χ2n) is 9.69. The van der Waals surface area contributed by atoms with Gasteiger partial charge in [-0.05, 0) is 48.4 Å². The first-order valence-electron chi connectivity index (χ1n) is 11.3. The van der Waals surface area contributed by atoms with Crippen LogP contribution in [0.4, 0.5) is 10.1 Å². The van der Waals surface area contributed by atoms with Gasteiger partial charge < -0.3 is 10.6 Å². The zero-order chi connectivity index (χ0) is 26.3. The van der Waals surface area contributed by atoms with Crippen molar-refractivity contribution < 1.29 is 22.4 Å². The van der Waals surface area contributed by atoms with Gasteiger partial charge in [-0.1, -0.05) is 31.5 Å². The zero-order valence-electron chi connectivity index (χ0n) is 20.0. The van der Waals surface area contributed by atoms with Crippen molar-refractivity contribution in [1.29, 1.82) is 0 Å². The Bertz CT molecular complexity index is 1330. The van der Waals surface area contributed by atoms with E-state index in [2.05, 4.69) is 40.3 Å². The molecule has 1 aromatic heterocycles. The molecule has 4 rings (SSSR count). The monoisotopic (exact) mass is 555 g/mol. The van der Waals surface area contributed by atoms with E-state index >= 15 is 0 Å². The highest BCUT2D eigenvalue weighted by Gasteiger charge is 2.42. The van der Waals surface area contributed by atoms with Crippen molar-refractivity contribution in [2.24, 2.45) is 5.41 Å². The smallest absolute Gasteiger partial charge is 0.280 e. The molecule has 0 spiro atoms. The van der Waals surface area contributed by atoms with Gasteiger partial charge in [-0.3, -0.25) is 9.59 Å². The standard InChI is InChI=1S/C23H27ClFN5O4S2/c1-23(2)7-6-13(10-23)22-27-12-15(35-22)11-26-20(31)18-9-19(30(3)36(33,34)29-18)21(32)28-14-4-5-17(25)16(24)8-14/h4-6,8,12,18-19,29H,7,9-11H2,1-3H3,(H,26,31)(H,28,32). The second kappa shape index (κ2) is 10.2. The maximum atomic E-state index is 13.4. The van der Waals surface area contributed by atoms with Gasteiger partial charge in [0.1, 0.15) is 22.9 Å². The fourth-order valence-corrected chi connectivity index (χ4v) is 6.46. The number of allylic oxidation sites excluding steroid dienone is 2. The predicted octanol–water partition coefficient (Wildman–Crippen LogP) is 3.30. The minimum atomic E-state index is -4.10. The highest BCUT2D eigenvalue weighted by atomic mass is 35.5. The molecule has 2 aromatic rings. The van der Waals surface area contributed by atoms with Gasteiger partial charge in [0.25, 0.3) is 10.2 Å². The molecule has 2 amide bonds. The third kappa shape index (κ3) is 5.94. The summed E-state index contributed by atoms with van der Waals surface area (Å²) in [4.78, 5) is 31.0. The van der Waals surface area contributed by atoms with Gasteiger partial charge in [0.2, 0.25) is 11.8 Å². The Morgan fingerprint density at radius 3 is 2.75 bits per heavy atom. The van der Waals surface area contributed by atoms with Gasteiger partial charge in [0.15, 0.2) is 0 Å². The molecule has 3 N–H and O–H groups in total. The van der Waals surface area contributed by atoms with Crippen LogP contribution in [-0.4, -0.2) is 48.7 Å². The van der Waals surface area contributed by atoms with Gasteiger partial charge in [0, 0.05) is 23.8 Å². The van der Waals surface area contributed by atoms with E-state index in [0.717, 1.165) is 33.1 Å². The molecular weight excluding hydrogens is 529 g/mol. The van der Waals surface area contributed by atoms with Crippen molar-refractivity contribution in [3.05, 3.63) is 51.2 Å². The normalized spacial score (nSPS) is 23.2. The van der Waals surface area contributed by atoms with Crippen LogP contribution in [-0.2, 0) is 26.3 Å². The van der Waals surface area contributed by atoms with Crippen LogP contribution in [0.25, 0.3) is 5.57 Å². The lowest BCUT2D eigenvalue weighted by atomic mass is 9.90. The van der Waals surface area contributed by atoms with Crippen LogP contribution in [0.2, 0.25) is 5.02 Å². The lowest BCUT2D eigenvalue weighted by Crippen LogP contribution is -2.62. The molecule has 0 saturated carbocycles. The number of hydrogen-bond acceptors (Lipinski definition) is 6. The number of rotatable bonds is 6. The van der Waals surface area contributed by atoms with E-state index in [1.165, 1.54) is 36.1 Å². The number of thiazole rings is 1. The molecule has 1 aliphatic carbocycles. The van der Waals surface area contributed by atoms with Crippen LogP contribution >= 0.6 is 22.9 Å². The first-order valence-corrected chi connectivity index (χ1v) is 13.9. The lowest BCUT2D eigenvalue weighted by molar-refractivity contribution is -0.124. The average Bonchev–Trinajstić information content (AvgIpc) is 3.42. The van der Waals surface area contributed by atoms with Crippen molar-refractivity contribution in [3.63, 3.8) is 0 Å². The number of hydrogen-bond donors (Lipinski definition) is 3. The maximum absolute atomic E-state index is 13.4. The average molecular weight is 556 g/mol. The summed E-state index contributed by atoms with van der Waals surface area (Å²) in [6.45, 7) is 4.60. The molecule has 9 nitrogen and oxygen atoms in total. The van der Waals surface area contributed by atoms with Crippen LogP contribution in [0.15, 0.2) is 30.5 Å². The van der Waals surface area contributed by atoms with Crippen LogP contribution in [0, 0.1) is 11.2 Å². The molecule has 2 atom stereocenters. The third-order valence-electron chi connectivity index (χ3n) is 6.21. The van der Waals surface area contributed by atoms with Crippen LogP contribution < -0.4 is 15.4 Å². The highest BCUT2D eigenvalue weighted by molar-refractivity contribution is 7.87. The number of likely N-dealkylation sites (N-methyl/N-ethyl adjacent to an activating group) is 1. The molecule has 1 fully saturated rings. The first-order chi connectivity index (χ1) is 16.8. The van der Waals surface area contributed by atoms with Crippen LogP contribution in [0.3, 0.4) is 0 Å². The Kier molecular flexibility index (Phi) is 7.54. The van der Waals surface area contributed by atoms with Crippen molar-refractivity contribution in [2.45, 2.75) is 51.7 Å². The van der Waals surface area contributed by atoms with Gasteiger partial charge in [-0.2, -0.15) is 17.4 Å². The first kappa shape index (κ1) is 26.7. The van der Waals surface area contributed by atoms with Crippen LogP contribution in [0.1, 0.15) is 43.0 Å². The molecule has 2 heterocycles. The summed E-state index contributed by atoms with van der Waals surface area (Å²) in [6, 6.07) is 1.31. The highest BCUT2D eigenvalue weighted by Crippen LogP contribution is 2.41. The quantitative estimate of drug-likeness (QED) is 0.505. The summed E-state index contributed by atoms with van der Waals surface area (Å²) in [7, 11) is -2.85. The summed E-state index contributed by atoms with van der Waals surface area (Å²) in [6.07, 6.45) is 5.73. The molecule has 2 unspecified atom stereocenters. The van der Waals surface area contributed by atoms with E-state index in [-0.39, 0.29) is 29.1 Å². The lowest BCUT2D eigenvalue weighted by Gasteiger charge is -2.35. The fraction of sp³-hybridized carbons (Fsp3) is 0.435. The maximum Gasteiger partial charge on any atom is 0.280 e. The summed E-state index contributed by atoms with van der Waals surface area (Å²) in [5, 5.41) is 6.01. The Labute approximate surface area is 218 Å². The number of nitrogens with zero attached hydrogens (tertiary/aromatic N) is 2. The summed E-state index contributed by atoms with van der Waals surface area (Å²) >= 11 is 7.24. The van der Waals surface area contributed by atoms with Crippen molar-refractivity contribution in [3.8, 4) is 0 Å². The number of benzene rings is 1. The number of carbonyl (C=O) groups excluding carboxylic acids is 2. The molecule has 1 aromatic carbocycles. The van der Waals surface area contributed by atoms with E-state index in [1.807, 2.05) is 0 Å². The Morgan fingerprint density at radius 1 is 1.33 bits per heavy atom. The molecule has 1 saturated heterocycles. The minimum Gasteiger partial charge on any atom is -0.350 e. The Morgan fingerprint density at radius 2 is 2.08 bits per heavy atom. The Balaban J connectivity index is 1.39. The van der Waals surface area contributed by atoms with Gasteiger partial charge in [0.05, 0.1) is 11.6 Å². The topological polar surface area (TPSA) is 120 Å². The number of halogens is 2. The summed E-state index contributed by atoms with van der Waals surface area (Å²) < 4.78 is 41.8. The minimum absolute atomic E-state index is 0.0990. The molecule has 13 heteroatoms. The van der Waals surface area contributed by atoms with E-state index < -0.39 is 39.9 Å². The van der Waals surface area contributed by atoms with Crippen LogP contribution in [0.5, 0.6) is 0 Å². The molecule has 194 valence electrons. The van der Waals surface area contributed by atoms with Crippen molar-refractivity contribution in [2.75, 3.05) is 12.4 Å². The molecule has 36 heavy (non-hydrogen) atoms. The largest absolute Gasteiger partial charge is 0.350 e. The molecule has 2 aliphatic rings. The third-order valence-corrected chi connectivity index (χ3v) is 9.17. The number of nitrogens with one attached hydrogen (secondary N) is 3. The second-order valence-corrected chi connectivity index (χ2v) is 13.0. The van der Waals surface area contributed by atoms with Crippen molar-refractivity contribution >= 4 is 56.2 Å². The number of amides is 2. The summed E-state index contributed by atoms with van der Waals surface area (Å²) in [5.74, 6) is -1.86. The van der Waals surface area contributed by atoms with Gasteiger partial charge in [-0.25, -0.2) is 9.37 Å². The van der Waals surface area contributed by atoms with Gasteiger partial charge >= 0.3 is 0 Å². The van der Waals surface area contributed by atoms with Crippen molar-refractivity contribution in [1.82, 2.24) is 19.3 Å². The van der Waals surface area contributed by atoms with E-state index in [1.54, 1.807) is 6.20 Å². The predicted molar refractivity (Wildman–Crippen MR) is 137 cm³/mol. The van der Waals surface area contributed by atoms with E-state index in [9.17, 15) is 22.4 Å². The number of anilines is 1.